The summed E-state index contributed by atoms with van der Waals surface area (Å²) in [6, 6.07) is 7.04. The van der Waals surface area contributed by atoms with E-state index in [2.05, 4.69) is 25.5 Å². The maximum atomic E-state index is 11.5. The molecule has 1 saturated heterocycles. The highest BCUT2D eigenvalue weighted by Gasteiger charge is 2.24. The van der Waals surface area contributed by atoms with E-state index in [1.54, 1.807) is 24.3 Å². The number of benzene rings is 1. The number of anilines is 4. The van der Waals surface area contributed by atoms with E-state index < -0.39 is 4.92 Å². The highest BCUT2D eigenvalue weighted by molar-refractivity contribution is 5.76. The molecule has 11 heteroatoms. The Hall–Kier alpha value is -3.18. The zero-order valence-electron chi connectivity index (χ0n) is 15.6. The molecule has 0 bridgehead atoms. The van der Waals surface area contributed by atoms with Crippen molar-refractivity contribution >= 4 is 29.0 Å². The van der Waals surface area contributed by atoms with Gasteiger partial charge in [-0.15, -0.1) is 0 Å². The number of hydrogen-bond acceptors (Lipinski definition) is 10. The second-order valence-electron chi connectivity index (χ2n) is 6.09. The van der Waals surface area contributed by atoms with Crippen LogP contribution in [0.2, 0.25) is 0 Å². The molecule has 0 unspecified atom stereocenters. The van der Waals surface area contributed by atoms with Crippen LogP contribution in [0.3, 0.4) is 0 Å². The second-order valence-corrected chi connectivity index (χ2v) is 6.09. The Morgan fingerprint density at radius 1 is 1.32 bits per heavy atom. The summed E-state index contributed by atoms with van der Waals surface area (Å²) in [5.74, 6) is 0.520. The van der Waals surface area contributed by atoms with Crippen LogP contribution in [0.15, 0.2) is 24.3 Å². The first-order valence-corrected chi connectivity index (χ1v) is 8.84. The van der Waals surface area contributed by atoms with Crippen LogP contribution in [0, 0.1) is 10.1 Å². The molecule has 4 N–H and O–H groups in total. The molecule has 3 rings (SSSR count). The third-order valence-corrected chi connectivity index (χ3v) is 4.27. The fraction of sp³-hybridized carbons (Fsp3) is 0.412. The number of nitrogens with one attached hydrogen (secondary N) is 2. The topological polar surface area (TPSA) is 141 Å². The van der Waals surface area contributed by atoms with Crippen LogP contribution in [0.5, 0.6) is 5.75 Å². The van der Waals surface area contributed by atoms with E-state index >= 15 is 0 Å². The summed E-state index contributed by atoms with van der Waals surface area (Å²) in [7, 11) is 1.52. The molecule has 0 aliphatic carbocycles. The number of methoxy groups -OCH3 is 1. The van der Waals surface area contributed by atoms with Crippen molar-refractivity contribution in [3.63, 3.8) is 0 Å². The molecule has 1 aromatic carbocycles. The Morgan fingerprint density at radius 2 is 2.07 bits per heavy atom. The van der Waals surface area contributed by atoms with Crippen molar-refractivity contribution in [1.29, 1.82) is 0 Å². The molecule has 1 fully saturated rings. The number of morpholine rings is 1. The normalized spacial score (nSPS) is 14.5. The summed E-state index contributed by atoms with van der Waals surface area (Å²) in [5, 5.41) is 17.5. The monoisotopic (exact) mass is 389 g/mol. The molecule has 0 saturated carbocycles. The molecule has 1 aromatic heterocycles. The van der Waals surface area contributed by atoms with Crippen molar-refractivity contribution in [1.82, 2.24) is 14.9 Å². The van der Waals surface area contributed by atoms with E-state index in [-0.39, 0.29) is 23.3 Å². The maximum absolute atomic E-state index is 11.5. The summed E-state index contributed by atoms with van der Waals surface area (Å²) in [5.41, 5.74) is 5.98. The Labute approximate surface area is 162 Å². The number of aromatic nitrogens is 2. The maximum Gasteiger partial charge on any atom is 0.353 e. The molecule has 2 aromatic rings. The van der Waals surface area contributed by atoms with Crippen LogP contribution in [0.1, 0.15) is 0 Å². The molecule has 11 nitrogen and oxygen atoms in total. The largest absolute Gasteiger partial charge is 0.495 e. The third kappa shape index (κ3) is 4.75. The number of nitro groups is 1. The van der Waals surface area contributed by atoms with Crippen molar-refractivity contribution in [3.05, 3.63) is 34.4 Å². The van der Waals surface area contributed by atoms with E-state index in [0.717, 1.165) is 19.6 Å². The van der Waals surface area contributed by atoms with Crippen LogP contribution in [-0.2, 0) is 4.74 Å². The molecular weight excluding hydrogens is 366 g/mol. The number of nitrogens with zero attached hydrogens (tertiary/aromatic N) is 4. The molecule has 2 heterocycles. The minimum absolute atomic E-state index is 0.00382. The minimum atomic E-state index is -0.607. The molecule has 0 amide bonds. The first kappa shape index (κ1) is 19.6. The van der Waals surface area contributed by atoms with E-state index in [1.807, 2.05) is 0 Å². The second kappa shape index (κ2) is 9.15. The Morgan fingerprint density at radius 3 is 2.79 bits per heavy atom. The van der Waals surface area contributed by atoms with Gasteiger partial charge in [-0.05, 0) is 12.1 Å². The Bertz CT molecular complexity index is 827. The van der Waals surface area contributed by atoms with Gasteiger partial charge in [0, 0.05) is 26.2 Å². The molecule has 0 spiro atoms. The van der Waals surface area contributed by atoms with Crippen molar-refractivity contribution in [2.45, 2.75) is 0 Å². The Balaban J connectivity index is 1.78. The molecule has 28 heavy (non-hydrogen) atoms. The number of ether oxygens (including phenoxy) is 2. The predicted molar refractivity (Wildman–Crippen MR) is 105 cm³/mol. The number of rotatable bonds is 8. The first-order valence-electron chi connectivity index (χ1n) is 8.84. The van der Waals surface area contributed by atoms with Gasteiger partial charge in [0.1, 0.15) is 5.75 Å². The standard InChI is InChI=1S/C17H23N7O4/c1-27-13-5-3-2-4-12(13)20-16-14(24(25)26)15(18)21-17(22-16)19-6-7-23-8-10-28-11-9-23/h2-5H,6-11H2,1H3,(H4,18,19,20,21,22). The van der Waals surface area contributed by atoms with Crippen molar-refractivity contribution in [2.24, 2.45) is 0 Å². The van der Waals surface area contributed by atoms with Crippen molar-refractivity contribution in [3.8, 4) is 5.75 Å². The van der Waals surface area contributed by atoms with Gasteiger partial charge in [-0.1, -0.05) is 12.1 Å². The summed E-state index contributed by atoms with van der Waals surface area (Å²) in [6.07, 6.45) is 0. The smallest absolute Gasteiger partial charge is 0.353 e. The lowest BCUT2D eigenvalue weighted by Gasteiger charge is -2.26. The molecule has 0 atom stereocenters. The predicted octanol–water partition coefficient (Wildman–Crippen LogP) is 1.46. The van der Waals surface area contributed by atoms with Crippen LogP contribution < -0.4 is 21.1 Å². The lowest BCUT2D eigenvalue weighted by atomic mass is 10.3. The molecule has 0 radical (unpaired) electrons. The van der Waals surface area contributed by atoms with Crippen LogP contribution in [0.25, 0.3) is 0 Å². The third-order valence-electron chi connectivity index (χ3n) is 4.27. The van der Waals surface area contributed by atoms with Crippen LogP contribution in [0.4, 0.5) is 29.0 Å². The van der Waals surface area contributed by atoms with Gasteiger partial charge in [0.25, 0.3) is 0 Å². The summed E-state index contributed by atoms with van der Waals surface area (Å²) < 4.78 is 10.6. The SMILES string of the molecule is COc1ccccc1Nc1nc(NCCN2CCOCC2)nc(N)c1[N+](=O)[O-]. The van der Waals surface area contributed by atoms with Gasteiger partial charge >= 0.3 is 5.69 Å². The first-order chi connectivity index (χ1) is 13.6. The number of nitrogen functional groups attached to an aromatic ring is 1. The van der Waals surface area contributed by atoms with E-state index in [0.29, 0.717) is 31.2 Å². The van der Waals surface area contributed by atoms with Crippen molar-refractivity contribution in [2.75, 3.05) is 62.9 Å². The van der Waals surface area contributed by atoms with Gasteiger partial charge in [-0.2, -0.15) is 9.97 Å². The van der Waals surface area contributed by atoms with Gasteiger partial charge in [0.05, 0.1) is 30.9 Å². The van der Waals surface area contributed by atoms with Gasteiger partial charge in [0.15, 0.2) is 0 Å². The number of nitrogens with two attached hydrogens (primary N) is 1. The van der Waals surface area contributed by atoms with Crippen LogP contribution >= 0.6 is 0 Å². The van der Waals surface area contributed by atoms with Gasteiger partial charge in [-0.3, -0.25) is 15.0 Å². The Kier molecular flexibility index (Phi) is 6.40. The fourth-order valence-electron chi connectivity index (χ4n) is 2.84. The van der Waals surface area contributed by atoms with E-state index in [4.69, 9.17) is 15.2 Å². The van der Waals surface area contributed by atoms with Gasteiger partial charge < -0.3 is 25.8 Å². The highest BCUT2D eigenvalue weighted by atomic mass is 16.6. The summed E-state index contributed by atoms with van der Waals surface area (Å²) >= 11 is 0. The molecule has 1 aliphatic rings. The van der Waals surface area contributed by atoms with Gasteiger partial charge in [-0.25, -0.2) is 0 Å². The number of para-hydroxylation sites is 2. The molecule has 1 aliphatic heterocycles. The van der Waals surface area contributed by atoms with Crippen molar-refractivity contribution < 1.29 is 14.4 Å². The molecule has 150 valence electrons. The summed E-state index contributed by atoms with van der Waals surface area (Å²) in [4.78, 5) is 21.4. The highest BCUT2D eigenvalue weighted by Crippen LogP contribution is 2.34. The molecular formula is C17H23N7O4. The lowest BCUT2D eigenvalue weighted by molar-refractivity contribution is -0.383. The van der Waals surface area contributed by atoms with E-state index in [9.17, 15) is 10.1 Å². The quantitative estimate of drug-likeness (QED) is 0.449. The average molecular weight is 389 g/mol. The summed E-state index contributed by atoms with van der Waals surface area (Å²) in [6.45, 7) is 4.52. The minimum Gasteiger partial charge on any atom is -0.495 e. The zero-order chi connectivity index (χ0) is 19.9. The van der Waals surface area contributed by atoms with Crippen LogP contribution in [-0.4, -0.2) is 66.3 Å². The fourth-order valence-corrected chi connectivity index (χ4v) is 2.84. The average Bonchev–Trinajstić information content (AvgIpc) is 2.68. The zero-order valence-corrected chi connectivity index (χ0v) is 15.6. The van der Waals surface area contributed by atoms with E-state index in [1.165, 1.54) is 7.11 Å². The lowest BCUT2D eigenvalue weighted by Crippen LogP contribution is -2.39. The van der Waals surface area contributed by atoms with Gasteiger partial charge in [0.2, 0.25) is 17.6 Å². The number of hydrogen-bond donors (Lipinski definition) is 3.